The Morgan fingerprint density at radius 3 is 2.58 bits per heavy atom. The van der Waals surface area contributed by atoms with Crippen LogP contribution in [-0.4, -0.2) is 82.6 Å². The minimum Gasteiger partial charge on any atom is -0.444 e. The number of nitrogens with zero attached hydrogens (tertiary/aromatic N) is 7. The van der Waals surface area contributed by atoms with E-state index in [-0.39, 0.29) is 42.0 Å². The molecule has 0 radical (unpaired) electrons. The van der Waals surface area contributed by atoms with Crippen LogP contribution in [0.3, 0.4) is 0 Å². The summed E-state index contributed by atoms with van der Waals surface area (Å²) in [4.78, 5) is 47.7. The van der Waals surface area contributed by atoms with Crippen molar-refractivity contribution < 1.29 is 28.2 Å². The SMILES string of the molecule is Cc1c(Nc2nc(C(F)F)nc3cc(CN4CC[C@@H](O)C4)cnc23)cccc1-c1cccc(CC(=O)c2nc3c(n2C)CCN(C(=O)OC(C)(C)C)C3)c1Cl. The van der Waals surface area contributed by atoms with E-state index in [4.69, 9.17) is 16.3 Å². The maximum Gasteiger partial charge on any atom is 0.410 e. The molecule has 0 aliphatic carbocycles. The fourth-order valence-electron chi connectivity index (χ4n) is 7.19. The third kappa shape index (κ3) is 8.17. The number of carbonyl (C=O) groups is 2. The summed E-state index contributed by atoms with van der Waals surface area (Å²) < 4.78 is 35.4. The summed E-state index contributed by atoms with van der Waals surface area (Å²) in [6.45, 7) is 9.84. The standard InChI is InChI=1S/C40H43ClF2N8O4/c1-22-26(9-7-11-28(22)45-36-34-29(46-37(48-36)35(42)43)16-23(18-44-34)19-50-14-12-25(52)20-50)27-10-6-8-24(33(27)41)17-32(53)38-47-30-21-51(15-13-31(30)49(38)5)39(54)55-40(2,3)4/h6-11,16,18,25,35,52H,12-15,17,19-21H2,1-5H3,(H,45,46,48)/t25-/m1/s1. The number of alkyl halides is 2. The molecular weight excluding hydrogens is 730 g/mol. The number of pyridine rings is 1. The zero-order valence-electron chi connectivity index (χ0n) is 31.4. The third-order valence-electron chi connectivity index (χ3n) is 9.92. The zero-order valence-corrected chi connectivity index (χ0v) is 32.1. The lowest BCUT2D eigenvalue weighted by Gasteiger charge is -2.29. The number of ether oxygens (including phenoxy) is 1. The van der Waals surface area contributed by atoms with Gasteiger partial charge in [-0.25, -0.2) is 28.5 Å². The number of aliphatic hydroxyl groups is 1. The monoisotopic (exact) mass is 772 g/mol. The molecule has 2 aliphatic rings. The maximum absolute atomic E-state index is 14.0. The molecule has 2 aromatic carbocycles. The Kier molecular flexibility index (Phi) is 10.6. The lowest BCUT2D eigenvalue weighted by atomic mass is 9.96. The van der Waals surface area contributed by atoms with Gasteiger partial charge in [0.15, 0.2) is 17.5 Å². The van der Waals surface area contributed by atoms with Gasteiger partial charge < -0.3 is 24.6 Å². The molecule has 0 bridgehead atoms. The number of β-amino-alcohol motifs (C(OH)–C–C–N with tert-alkyl or cyclic N) is 1. The van der Waals surface area contributed by atoms with Gasteiger partial charge in [0.25, 0.3) is 6.43 Å². The average molecular weight is 773 g/mol. The number of imidazole rings is 1. The minimum atomic E-state index is -2.90. The minimum absolute atomic E-state index is 0.00148. The van der Waals surface area contributed by atoms with Gasteiger partial charge in [-0.05, 0) is 68.5 Å². The molecule has 1 fully saturated rings. The van der Waals surface area contributed by atoms with Gasteiger partial charge in [0.05, 0.1) is 28.9 Å². The number of carbonyl (C=O) groups excluding carboxylic acids is 2. The molecule has 5 aromatic rings. The van der Waals surface area contributed by atoms with Gasteiger partial charge in [-0.1, -0.05) is 41.9 Å². The van der Waals surface area contributed by atoms with Gasteiger partial charge >= 0.3 is 6.09 Å². The summed E-state index contributed by atoms with van der Waals surface area (Å²) in [5.41, 5.74) is 5.82. The van der Waals surface area contributed by atoms with E-state index in [1.54, 1.807) is 27.8 Å². The highest BCUT2D eigenvalue weighted by Gasteiger charge is 2.31. The van der Waals surface area contributed by atoms with E-state index in [9.17, 15) is 23.5 Å². The van der Waals surface area contributed by atoms with E-state index in [0.29, 0.717) is 65.5 Å². The van der Waals surface area contributed by atoms with Crippen LogP contribution >= 0.6 is 11.6 Å². The Balaban J connectivity index is 1.12. The van der Waals surface area contributed by atoms with Crippen LogP contribution in [0.5, 0.6) is 0 Å². The van der Waals surface area contributed by atoms with E-state index in [1.807, 2.05) is 65.1 Å². The van der Waals surface area contributed by atoms with Gasteiger partial charge in [0.1, 0.15) is 11.1 Å². The third-order valence-corrected chi connectivity index (χ3v) is 10.4. The first-order valence-corrected chi connectivity index (χ1v) is 18.6. The number of anilines is 2. The Hall–Kier alpha value is -5.05. The van der Waals surface area contributed by atoms with Gasteiger partial charge in [0.2, 0.25) is 5.78 Å². The fraction of sp³-hybridized carbons (Fsp3) is 0.400. The molecule has 15 heteroatoms. The molecule has 12 nitrogen and oxygen atoms in total. The molecule has 3 aromatic heterocycles. The first-order chi connectivity index (χ1) is 26.1. The van der Waals surface area contributed by atoms with Crippen LogP contribution in [-0.2, 0) is 37.7 Å². The number of Topliss-reactive ketones (excluding diaryl/α,β-unsaturated/α-hetero) is 1. The number of likely N-dealkylation sites (tertiary alicyclic amines) is 1. The van der Waals surface area contributed by atoms with E-state index in [0.717, 1.165) is 28.9 Å². The van der Waals surface area contributed by atoms with Crippen LogP contribution in [0, 0.1) is 6.92 Å². The van der Waals surface area contributed by atoms with Crippen molar-refractivity contribution in [2.24, 2.45) is 7.05 Å². The summed E-state index contributed by atoms with van der Waals surface area (Å²) in [5.74, 6) is -0.406. The van der Waals surface area contributed by atoms with Crippen molar-refractivity contribution in [3.63, 3.8) is 0 Å². The summed E-state index contributed by atoms with van der Waals surface area (Å²) in [6, 6.07) is 12.8. The topological polar surface area (TPSA) is 139 Å². The molecule has 1 amide bonds. The molecule has 288 valence electrons. The predicted molar refractivity (Wildman–Crippen MR) is 205 cm³/mol. The Bertz CT molecular complexity index is 2290. The second kappa shape index (κ2) is 15.2. The van der Waals surface area contributed by atoms with Crippen LogP contribution in [0.2, 0.25) is 5.02 Å². The number of nitrogens with one attached hydrogen (secondary N) is 1. The molecule has 1 atom stereocenters. The molecule has 0 saturated carbocycles. The number of aliphatic hydroxyl groups excluding tert-OH is 1. The van der Waals surface area contributed by atoms with E-state index in [1.165, 1.54) is 0 Å². The van der Waals surface area contributed by atoms with Crippen molar-refractivity contribution in [2.75, 3.05) is 25.0 Å². The van der Waals surface area contributed by atoms with Crippen molar-refractivity contribution in [2.45, 2.75) is 78.2 Å². The van der Waals surface area contributed by atoms with Crippen molar-refractivity contribution in [3.05, 3.63) is 93.4 Å². The fourth-order valence-corrected chi connectivity index (χ4v) is 7.48. The molecule has 1 saturated heterocycles. The van der Waals surface area contributed by atoms with Crippen molar-refractivity contribution in [1.82, 2.24) is 34.3 Å². The Labute approximate surface area is 322 Å². The molecule has 7 rings (SSSR count). The number of halogens is 3. The molecule has 55 heavy (non-hydrogen) atoms. The summed E-state index contributed by atoms with van der Waals surface area (Å²) >= 11 is 7.04. The van der Waals surface area contributed by atoms with Crippen LogP contribution in [0.4, 0.5) is 25.1 Å². The highest BCUT2D eigenvalue weighted by molar-refractivity contribution is 6.34. The van der Waals surface area contributed by atoms with E-state index >= 15 is 0 Å². The number of rotatable bonds is 9. The van der Waals surface area contributed by atoms with E-state index in [2.05, 4.69) is 30.2 Å². The number of amides is 1. The lowest BCUT2D eigenvalue weighted by Crippen LogP contribution is -2.40. The lowest BCUT2D eigenvalue weighted by molar-refractivity contribution is 0.0220. The van der Waals surface area contributed by atoms with E-state index < -0.39 is 23.9 Å². The smallest absolute Gasteiger partial charge is 0.410 e. The van der Waals surface area contributed by atoms with Gasteiger partial charge in [-0.15, -0.1) is 0 Å². The first kappa shape index (κ1) is 38.2. The predicted octanol–water partition coefficient (Wildman–Crippen LogP) is 7.35. The second-order valence-electron chi connectivity index (χ2n) is 15.1. The zero-order chi connectivity index (χ0) is 39.2. The van der Waals surface area contributed by atoms with Crippen molar-refractivity contribution in [3.8, 4) is 11.1 Å². The molecular formula is C40H43ClF2N8O4. The summed E-state index contributed by atoms with van der Waals surface area (Å²) in [6.07, 6.45) is -0.793. The molecule has 0 spiro atoms. The summed E-state index contributed by atoms with van der Waals surface area (Å²) in [5, 5.41) is 13.5. The summed E-state index contributed by atoms with van der Waals surface area (Å²) in [7, 11) is 1.81. The van der Waals surface area contributed by atoms with Crippen LogP contribution in [0.15, 0.2) is 48.7 Å². The largest absolute Gasteiger partial charge is 0.444 e. The number of hydrogen-bond acceptors (Lipinski definition) is 10. The maximum atomic E-state index is 14.0. The first-order valence-electron chi connectivity index (χ1n) is 18.2. The molecule has 0 unspecified atom stereocenters. The number of benzene rings is 2. The highest BCUT2D eigenvalue weighted by atomic mass is 35.5. The van der Waals surface area contributed by atoms with Crippen molar-refractivity contribution in [1.29, 1.82) is 0 Å². The number of aromatic nitrogens is 5. The Morgan fingerprint density at radius 2 is 1.85 bits per heavy atom. The second-order valence-corrected chi connectivity index (χ2v) is 15.5. The van der Waals surface area contributed by atoms with Gasteiger partial charge in [-0.3, -0.25) is 14.7 Å². The average Bonchev–Trinajstić information content (AvgIpc) is 3.70. The Morgan fingerprint density at radius 1 is 1.09 bits per heavy atom. The number of hydrogen-bond donors (Lipinski definition) is 2. The normalized spacial score (nSPS) is 16.2. The molecule has 5 heterocycles. The number of fused-ring (bicyclic) bond motifs is 2. The van der Waals surface area contributed by atoms with Crippen LogP contribution in [0.1, 0.15) is 78.1 Å². The van der Waals surface area contributed by atoms with Crippen LogP contribution in [0.25, 0.3) is 22.2 Å². The van der Waals surface area contributed by atoms with Crippen LogP contribution < -0.4 is 5.32 Å². The molecule has 2 N–H and O–H groups in total. The van der Waals surface area contributed by atoms with Crippen molar-refractivity contribution >= 4 is 46.0 Å². The highest BCUT2D eigenvalue weighted by Crippen LogP contribution is 2.37. The number of ketones is 1. The quantitative estimate of drug-likeness (QED) is 0.146. The van der Waals surface area contributed by atoms with Gasteiger partial charge in [-0.2, -0.15) is 0 Å². The van der Waals surface area contributed by atoms with Gasteiger partial charge in [0, 0.05) is 69.2 Å². The molecule has 2 aliphatic heterocycles.